The van der Waals surface area contributed by atoms with Crippen LogP contribution in [0, 0.1) is 11.6 Å². The predicted octanol–water partition coefficient (Wildman–Crippen LogP) is 0.862. The highest BCUT2D eigenvalue weighted by Gasteiger charge is 2.21. The Bertz CT molecular complexity index is 503. The average Bonchev–Trinajstić information content (AvgIpc) is 2.33. The predicted molar refractivity (Wildman–Crippen MR) is 59.4 cm³/mol. The van der Waals surface area contributed by atoms with Gasteiger partial charge in [-0.05, 0) is 18.2 Å². The smallest absolute Gasteiger partial charge is 0.243 e. The van der Waals surface area contributed by atoms with Gasteiger partial charge >= 0.3 is 0 Å². The maximum absolute atomic E-state index is 13.3. The normalized spacial score (nSPS) is 12.1. The van der Waals surface area contributed by atoms with Crippen LogP contribution in [0.3, 0.4) is 0 Å². The topological polar surface area (TPSA) is 64.6 Å². The van der Waals surface area contributed by atoms with Gasteiger partial charge in [0.2, 0.25) is 10.0 Å². The van der Waals surface area contributed by atoms with Gasteiger partial charge in [0.25, 0.3) is 0 Å². The number of methoxy groups -OCH3 is 2. The highest BCUT2D eigenvalue weighted by Crippen LogP contribution is 2.15. The van der Waals surface area contributed by atoms with Crippen LogP contribution in [0.5, 0.6) is 0 Å². The Morgan fingerprint density at radius 2 is 1.89 bits per heavy atom. The number of hydrogen-bond donors (Lipinski definition) is 1. The molecule has 0 fully saturated rings. The first-order chi connectivity index (χ1) is 8.40. The molecule has 0 bridgehead atoms. The van der Waals surface area contributed by atoms with Crippen LogP contribution in [-0.2, 0) is 19.5 Å². The van der Waals surface area contributed by atoms with Gasteiger partial charge in [-0.15, -0.1) is 0 Å². The molecular weight excluding hydrogens is 268 g/mol. The van der Waals surface area contributed by atoms with Gasteiger partial charge in [0, 0.05) is 14.2 Å². The molecule has 0 aliphatic rings. The number of ether oxygens (including phenoxy) is 2. The summed E-state index contributed by atoms with van der Waals surface area (Å²) in [5, 5.41) is 0. The largest absolute Gasteiger partial charge is 0.355 e. The van der Waals surface area contributed by atoms with Gasteiger partial charge in [-0.1, -0.05) is 0 Å². The Labute approximate surface area is 104 Å². The minimum absolute atomic E-state index is 0.217. The van der Waals surface area contributed by atoms with Crippen molar-refractivity contribution in [1.29, 1.82) is 0 Å². The lowest BCUT2D eigenvalue weighted by Gasteiger charge is -2.14. The van der Waals surface area contributed by atoms with Crippen LogP contribution in [0.4, 0.5) is 8.78 Å². The molecule has 1 rings (SSSR count). The van der Waals surface area contributed by atoms with Crippen LogP contribution >= 0.6 is 0 Å². The van der Waals surface area contributed by atoms with Crippen molar-refractivity contribution in [3.63, 3.8) is 0 Å². The molecule has 0 saturated carbocycles. The lowest BCUT2D eigenvalue weighted by atomic mass is 10.3. The van der Waals surface area contributed by atoms with Crippen LogP contribution in [0.2, 0.25) is 0 Å². The molecule has 1 aromatic carbocycles. The number of nitrogens with one attached hydrogen (secondary N) is 1. The second-order valence-electron chi connectivity index (χ2n) is 3.33. The molecule has 5 nitrogen and oxygen atoms in total. The van der Waals surface area contributed by atoms with E-state index in [0.29, 0.717) is 6.07 Å². The van der Waals surface area contributed by atoms with Crippen molar-refractivity contribution < 1.29 is 26.7 Å². The molecule has 1 aromatic rings. The van der Waals surface area contributed by atoms with Gasteiger partial charge in [-0.2, -0.15) is 0 Å². The fraction of sp³-hybridized carbons (Fsp3) is 0.400. The van der Waals surface area contributed by atoms with Gasteiger partial charge in [-0.3, -0.25) is 0 Å². The molecule has 0 saturated heterocycles. The maximum atomic E-state index is 13.3. The number of rotatable bonds is 6. The van der Waals surface area contributed by atoms with Crippen molar-refractivity contribution in [2.24, 2.45) is 0 Å². The quantitative estimate of drug-likeness (QED) is 0.786. The first kappa shape index (κ1) is 15.0. The van der Waals surface area contributed by atoms with E-state index >= 15 is 0 Å². The minimum Gasteiger partial charge on any atom is -0.355 e. The van der Waals surface area contributed by atoms with E-state index in [2.05, 4.69) is 4.72 Å². The molecule has 18 heavy (non-hydrogen) atoms. The van der Waals surface area contributed by atoms with E-state index in [-0.39, 0.29) is 6.54 Å². The van der Waals surface area contributed by atoms with E-state index in [4.69, 9.17) is 9.47 Å². The van der Waals surface area contributed by atoms with Crippen molar-refractivity contribution in [3.8, 4) is 0 Å². The maximum Gasteiger partial charge on any atom is 0.243 e. The number of halogens is 2. The highest BCUT2D eigenvalue weighted by molar-refractivity contribution is 7.89. The van der Waals surface area contributed by atoms with Crippen LogP contribution in [-0.4, -0.2) is 35.5 Å². The third-order valence-corrected chi connectivity index (χ3v) is 3.59. The van der Waals surface area contributed by atoms with E-state index < -0.39 is 32.8 Å². The molecule has 0 amide bonds. The summed E-state index contributed by atoms with van der Waals surface area (Å²) in [4.78, 5) is -0.756. The molecule has 8 heteroatoms. The zero-order valence-electron chi connectivity index (χ0n) is 9.81. The van der Waals surface area contributed by atoms with Crippen molar-refractivity contribution in [3.05, 3.63) is 29.8 Å². The summed E-state index contributed by atoms with van der Waals surface area (Å²) in [5.74, 6) is -1.87. The molecule has 0 atom stereocenters. The van der Waals surface area contributed by atoms with E-state index in [1.54, 1.807) is 0 Å². The van der Waals surface area contributed by atoms with E-state index in [0.717, 1.165) is 12.1 Å². The Morgan fingerprint density at radius 1 is 1.28 bits per heavy atom. The number of sulfonamides is 1. The molecule has 0 heterocycles. The van der Waals surface area contributed by atoms with E-state index in [1.165, 1.54) is 14.2 Å². The van der Waals surface area contributed by atoms with Gasteiger partial charge in [0.05, 0.1) is 6.54 Å². The summed E-state index contributed by atoms with van der Waals surface area (Å²) in [6, 6.07) is 2.18. The van der Waals surface area contributed by atoms with Crippen LogP contribution < -0.4 is 4.72 Å². The summed E-state index contributed by atoms with van der Waals surface area (Å²) >= 11 is 0. The fourth-order valence-electron chi connectivity index (χ4n) is 1.20. The zero-order valence-corrected chi connectivity index (χ0v) is 10.6. The molecular formula is C10H13F2NO4S. The SMILES string of the molecule is COC(CNS(=O)(=O)c1cc(F)ccc1F)OC. The Balaban J connectivity index is 2.89. The summed E-state index contributed by atoms with van der Waals surface area (Å²) in [6.45, 7) is -0.217. The monoisotopic (exact) mass is 281 g/mol. The van der Waals surface area contributed by atoms with Crippen molar-refractivity contribution in [2.45, 2.75) is 11.2 Å². The summed E-state index contributed by atoms with van der Waals surface area (Å²) in [6.07, 6.45) is -0.809. The lowest BCUT2D eigenvalue weighted by Crippen LogP contribution is -2.34. The first-order valence-electron chi connectivity index (χ1n) is 4.91. The molecule has 0 aliphatic heterocycles. The van der Waals surface area contributed by atoms with E-state index in [1.807, 2.05) is 0 Å². The molecule has 0 unspecified atom stereocenters. The Kier molecular flexibility index (Phi) is 5.15. The minimum atomic E-state index is -4.15. The first-order valence-corrected chi connectivity index (χ1v) is 6.39. The van der Waals surface area contributed by atoms with Gasteiger partial charge in [-0.25, -0.2) is 21.9 Å². The Hall–Kier alpha value is -1.09. The lowest BCUT2D eigenvalue weighted by molar-refractivity contribution is -0.0960. The third kappa shape index (κ3) is 3.70. The number of hydrogen-bond acceptors (Lipinski definition) is 4. The van der Waals surface area contributed by atoms with E-state index in [9.17, 15) is 17.2 Å². The van der Waals surface area contributed by atoms with Gasteiger partial charge in [0.15, 0.2) is 6.29 Å². The molecule has 0 aliphatic carbocycles. The highest BCUT2D eigenvalue weighted by atomic mass is 32.2. The van der Waals surface area contributed by atoms with Gasteiger partial charge in [0.1, 0.15) is 16.5 Å². The van der Waals surface area contributed by atoms with Crippen molar-refractivity contribution in [1.82, 2.24) is 4.72 Å². The summed E-state index contributed by atoms with van der Waals surface area (Å²) < 4.78 is 61.2. The Morgan fingerprint density at radius 3 is 2.44 bits per heavy atom. The fourth-order valence-corrected chi connectivity index (χ4v) is 2.31. The average molecular weight is 281 g/mol. The van der Waals surface area contributed by atoms with Crippen molar-refractivity contribution >= 4 is 10.0 Å². The van der Waals surface area contributed by atoms with Crippen molar-refractivity contribution in [2.75, 3.05) is 20.8 Å². The van der Waals surface area contributed by atoms with Crippen LogP contribution in [0.1, 0.15) is 0 Å². The molecule has 0 spiro atoms. The van der Waals surface area contributed by atoms with Crippen LogP contribution in [0.15, 0.2) is 23.1 Å². The van der Waals surface area contributed by atoms with Crippen LogP contribution in [0.25, 0.3) is 0 Å². The number of benzene rings is 1. The standard InChI is InChI=1S/C10H13F2NO4S/c1-16-10(17-2)6-13-18(14,15)9-5-7(11)3-4-8(9)12/h3-5,10,13H,6H2,1-2H3. The molecule has 102 valence electrons. The molecule has 0 radical (unpaired) electrons. The summed E-state index contributed by atoms with van der Waals surface area (Å²) in [7, 11) is -1.50. The third-order valence-electron chi connectivity index (χ3n) is 2.15. The zero-order chi connectivity index (χ0) is 13.8. The second kappa shape index (κ2) is 6.19. The molecule has 0 aromatic heterocycles. The van der Waals surface area contributed by atoms with Gasteiger partial charge < -0.3 is 9.47 Å². The summed E-state index contributed by atoms with van der Waals surface area (Å²) in [5.41, 5.74) is 0. The second-order valence-corrected chi connectivity index (χ2v) is 5.06. The molecule has 1 N–H and O–H groups in total.